The molecule has 0 spiro atoms. The molecular weight excluding hydrogens is 154 g/mol. The molecule has 0 aliphatic rings. The summed E-state index contributed by atoms with van der Waals surface area (Å²) in [5, 5.41) is 0. The van der Waals surface area contributed by atoms with Gasteiger partial charge in [-0.05, 0) is 18.2 Å². The molecule has 0 unspecified atom stereocenters. The summed E-state index contributed by atoms with van der Waals surface area (Å²) in [6.45, 7) is 3.37. The molecule has 0 aromatic carbocycles. The van der Waals surface area contributed by atoms with Crippen LogP contribution in [0.15, 0.2) is 31.0 Å². The highest BCUT2D eigenvalue weighted by Gasteiger charge is 2.06. The average molecular weight is 163 g/mol. The van der Waals surface area contributed by atoms with Crippen molar-refractivity contribution >= 4 is 11.6 Å². The second-order valence-corrected chi connectivity index (χ2v) is 2.11. The quantitative estimate of drug-likeness (QED) is 0.298. The van der Waals surface area contributed by atoms with Gasteiger partial charge >= 0.3 is 0 Å². The fourth-order valence-corrected chi connectivity index (χ4v) is 0.829. The summed E-state index contributed by atoms with van der Waals surface area (Å²) in [4.78, 5) is 15.0. The molecule has 0 aliphatic heterocycles. The number of nitrogens with two attached hydrogens (primary N) is 1. The van der Waals surface area contributed by atoms with Crippen molar-refractivity contribution in [3.63, 3.8) is 0 Å². The largest absolute Gasteiger partial charge is 0.308 e. The zero-order valence-corrected chi connectivity index (χ0v) is 6.45. The highest BCUT2D eigenvalue weighted by atomic mass is 16.1. The van der Waals surface area contributed by atoms with Crippen molar-refractivity contribution in [3.05, 3.63) is 36.5 Å². The second kappa shape index (κ2) is 3.64. The summed E-state index contributed by atoms with van der Waals surface area (Å²) in [6, 6.07) is 3.30. The van der Waals surface area contributed by atoms with E-state index in [-0.39, 0.29) is 5.78 Å². The second-order valence-electron chi connectivity index (χ2n) is 2.11. The molecule has 12 heavy (non-hydrogen) atoms. The molecule has 62 valence electrons. The number of nitrogens with zero attached hydrogens (tertiary/aromatic N) is 1. The minimum Gasteiger partial charge on any atom is -0.308 e. The van der Waals surface area contributed by atoms with Crippen molar-refractivity contribution in [1.82, 2.24) is 4.98 Å². The first-order valence-electron chi connectivity index (χ1n) is 3.38. The number of nitrogen functional groups attached to an aromatic ring is 1. The molecule has 0 aliphatic carbocycles. The van der Waals surface area contributed by atoms with Crippen LogP contribution in [0, 0.1) is 0 Å². The Labute approximate surface area is 70.1 Å². The molecule has 4 nitrogen and oxygen atoms in total. The van der Waals surface area contributed by atoms with Gasteiger partial charge in [0.05, 0.1) is 5.56 Å². The highest BCUT2D eigenvalue weighted by Crippen LogP contribution is 2.10. The van der Waals surface area contributed by atoms with Gasteiger partial charge in [0.25, 0.3) is 0 Å². The first-order chi connectivity index (χ1) is 5.79. The fourth-order valence-electron chi connectivity index (χ4n) is 0.829. The monoisotopic (exact) mass is 163 g/mol. The van der Waals surface area contributed by atoms with E-state index < -0.39 is 0 Å². The Kier molecular flexibility index (Phi) is 2.55. The van der Waals surface area contributed by atoms with E-state index in [1.54, 1.807) is 18.3 Å². The Hall–Kier alpha value is -1.68. The van der Waals surface area contributed by atoms with Gasteiger partial charge in [-0.1, -0.05) is 6.58 Å². The molecule has 0 atom stereocenters. The molecule has 0 amide bonds. The molecule has 1 rings (SSSR count). The standard InChI is InChI=1S/C8H9N3O/c1-2-7(12)6-4-3-5-10-8(6)11-9/h2-5H,1,9H2,(H,10,11). The van der Waals surface area contributed by atoms with Crippen molar-refractivity contribution in [3.8, 4) is 0 Å². The molecule has 1 aromatic rings. The van der Waals surface area contributed by atoms with E-state index in [1.165, 1.54) is 6.08 Å². The van der Waals surface area contributed by atoms with E-state index in [9.17, 15) is 4.79 Å². The molecular formula is C8H9N3O. The van der Waals surface area contributed by atoms with Crippen molar-refractivity contribution in [2.45, 2.75) is 0 Å². The number of hydrogen-bond acceptors (Lipinski definition) is 4. The van der Waals surface area contributed by atoms with E-state index in [0.29, 0.717) is 11.4 Å². The summed E-state index contributed by atoms with van der Waals surface area (Å²) in [6.07, 6.45) is 2.77. The van der Waals surface area contributed by atoms with Gasteiger partial charge in [0.15, 0.2) is 11.6 Å². The van der Waals surface area contributed by atoms with Gasteiger partial charge in [0.2, 0.25) is 0 Å². The number of pyridine rings is 1. The van der Waals surface area contributed by atoms with E-state index in [2.05, 4.69) is 17.0 Å². The van der Waals surface area contributed by atoms with E-state index >= 15 is 0 Å². The van der Waals surface area contributed by atoms with Crippen molar-refractivity contribution in [2.75, 3.05) is 5.43 Å². The Morgan fingerprint density at radius 3 is 3.08 bits per heavy atom. The van der Waals surface area contributed by atoms with Crippen LogP contribution in [0.4, 0.5) is 5.82 Å². The number of hydrazine groups is 1. The van der Waals surface area contributed by atoms with Crippen LogP contribution < -0.4 is 11.3 Å². The van der Waals surface area contributed by atoms with Gasteiger partial charge in [-0.3, -0.25) is 4.79 Å². The van der Waals surface area contributed by atoms with E-state index in [4.69, 9.17) is 5.84 Å². The van der Waals surface area contributed by atoms with Gasteiger partial charge in [-0.2, -0.15) is 0 Å². The van der Waals surface area contributed by atoms with Crippen molar-refractivity contribution < 1.29 is 4.79 Å². The van der Waals surface area contributed by atoms with Crippen LogP contribution in [0.2, 0.25) is 0 Å². The normalized spacial score (nSPS) is 9.08. The highest BCUT2D eigenvalue weighted by molar-refractivity contribution is 6.07. The zero-order valence-electron chi connectivity index (χ0n) is 6.45. The minimum atomic E-state index is -0.198. The van der Waals surface area contributed by atoms with E-state index in [0.717, 1.165) is 0 Å². The molecule has 3 N–H and O–H groups in total. The number of nitrogens with one attached hydrogen (secondary N) is 1. The molecule has 0 radical (unpaired) electrons. The third-order valence-electron chi connectivity index (χ3n) is 1.40. The predicted molar refractivity (Wildman–Crippen MR) is 46.6 cm³/mol. The number of carbonyl (C=O) groups excluding carboxylic acids is 1. The Morgan fingerprint density at radius 1 is 1.75 bits per heavy atom. The number of ketones is 1. The van der Waals surface area contributed by atoms with E-state index in [1.807, 2.05) is 0 Å². The lowest BCUT2D eigenvalue weighted by Gasteiger charge is -2.02. The molecule has 0 fully saturated rings. The molecule has 0 saturated carbocycles. The topological polar surface area (TPSA) is 68.0 Å². The lowest BCUT2D eigenvalue weighted by molar-refractivity contribution is 0.104. The van der Waals surface area contributed by atoms with Crippen molar-refractivity contribution in [2.24, 2.45) is 5.84 Å². The summed E-state index contributed by atoms with van der Waals surface area (Å²) >= 11 is 0. The van der Waals surface area contributed by atoms with Gasteiger partial charge in [-0.15, -0.1) is 0 Å². The minimum absolute atomic E-state index is 0.198. The first kappa shape index (κ1) is 8.42. The third-order valence-corrected chi connectivity index (χ3v) is 1.40. The van der Waals surface area contributed by atoms with Crippen LogP contribution in [0.1, 0.15) is 10.4 Å². The number of aromatic nitrogens is 1. The number of allylic oxidation sites excluding steroid dienone is 1. The van der Waals surface area contributed by atoms with Crippen LogP contribution in [-0.4, -0.2) is 10.8 Å². The van der Waals surface area contributed by atoms with Gasteiger partial charge in [-0.25, -0.2) is 10.8 Å². The zero-order chi connectivity index (χ0) is 8.97. The lowest BCUT2D eigenvalue weighted by Crippen LogP contribution is -2.12. The van der Waals surface area contributed by atoms with Crippen LogP contribution in [0.3, 0.4) is 0 Å². The number of anilines is 1. The summed E-state index contributed by atoms with van der Waals surface area (Å²) in [7, 11) is 0. The number of rotatable bonds is 3. The van der Waals surface area contributed by atoms with Crippen LogP contribution in [-0.2, 0) is 0 Å². The maximum atomic E-state index is 11.1. The predicted octanol–water partition coefficient (Wildman–Crippen LogP) is 0.736. The van der Waals surface area contributed by atoms with Gasteiger partial charge < -0.3 is 5.43 Å². The summed E-state index contributed by atoms with van der Waals surface area (Å²) in [5.74, 6) is 5.31. The smallest absolute Gasteiger partial charge is 0.189 e. The Bertz CT molecular complexity index is 309. The Balaban J connectivity index is 3.13. The molecule has 4 heteroatoms. The maximum Gasteiger partial charge on any atom is 0.189 e. The summed E-state index contributed by atoms with van der Waals surface area (Å²) in [5.41, 5.74) is 2.76. The molecule has 1 heterocycles. The maximum absolute atomic E-state index is 11.1. The van der Waals surface area contributed by atoms with Gasteiger partial charge in [0, 0.05) is 6.20 Å². The van der Waals surface area contributed by atoms with Gasteiger partial charge in [0.1, 0.15) is 0 Å². The molecule has 0 saturated heterocycles. The molecule has 1 aromatic heterocycles. The first-order valence-corrected chi connectivity index (χ1v) is 3.38. The number of hydrogen-bond donors (Lipinski definition) is 2. The third kappa shape index (κ3) is 1.49. The summed E-state index contributed by atoms with van der Waals surface area (Å²) < 4.78 is 0. The lowest BCUT2D eigenvalue weighted by atomic mass is 10.2. The van der Waals surface area contributed by atoms with Crippen LogP contribution in [0.5, 0.6) is 0 Å². The van der Waals surface area contributed by atoms with Crippen LogP contribution >= 0.6 is 0 Å². The SMILES string of the molecule is C=CC(=O)c1cccnc1NN. The van der Waals surface area contributed by atoms with Crippen LogP contribution in [0.25, 0.3) is 0 Å². The molecule has 0 bridgehead atoms. The fraction of sp³-hybridized carbons (Fsp3) is 0. The van der Waals surface area contributed by atoms with Crippen molar-refractivity contribution in [1.29, 1.82) is 0 Å². The Morgan fingerprint density at radius 2 is 2.50 bits per heavy atom. The average Bonchev–Trinajstić information content (AvgIpc) is 2.16. The number of carbonyl (C=O) groups is 1.